The molecular formula is C15H21ClN2. The fourth-order valence-corrected chi connectivity index (χ4v) is 2.69. The van der Waals surface area contributed by atoms with Gasteiger partial charge in [0.05, 0.1) is 16.9 Å². The van der Waals surface area contributed by atoms with E-state index in [4.69, 9.17) is 11.6 Å². The van der Waals surface area contributed by atoms with Crippen molar-refractivity contribution in [1.29, 1.82) is 0 Å². The first-order valence-electron chi connectivity index (χ1n) is 6.62. The van der Waals surface area contributed by atoms with Gasteiger partial charge in [-0.05, 0) is 31.4 Å². The van der Waals surface area contributed by atoms with Gasteiger partial charge in [0.25, 0.3) is 0 Å². The number of aromatic nitrogens is 2. The molecule has 1 aromatic heterocycles. The third-order valence-corrected chi connectivity index (χ3v) is 4.22. The van der Waals surface area contributed by atoms with E-state index in [0.717, 1.165) is 17.8 Å². The van der Waals surface area contributed by atoms with E-state index in [9.17, 15) is 0 Å². The molecule has 98 valence electrons. The van der Waals surface area contributed by atoms with Gasteiger partial charge in [0.15, 0.2) is 0 Å². The van der Waals surface area contributed by atoms with Crippen LogP contribution in [0.15, 0.2) is 18.2 Å². The highest BCUT2D eigenvalue weighted by molar-refractivity contribution is 6.16. The molecule has 0 spiro atoms. The lowest BCUT2D eigenvalue weighted by atomic mass is 10.00. The molecule has 1 heterocycles. The van der Waals surface area contributed by atoms with Crippen molar-refractivity contribution < 1.29 is 0 Å². The molecule has 2 unspecified atom stereocenters. The van der Waals surface area contributed by atoms with Crippen molar-refractivity contribution in [2.45, 2.75) is 46.0 Å². The summed E-state index contributed by atoms with van der Waals surface area (Å²) in [6.45, 7) is 8.92. The average Bonchev–Trinajstić information content (AvgIpc) is 2.76. The summed E-state index contributed by atoms with van der Waals surface area (Å²) in [5.41, 5.74) is 3.56. The summed E-state index contributed by atoms with van der Waals surface area (Å²) in [5.74, 6) is 2.06. The van der Waals surface area contributed by atoms with Crippen LogP contribution < -0.4 is 0 Å². The van der Waals surface area contributed by atoms with Crippen molar-refractivity contribution >= 4 is 22.6 Å². The highest BCUT2D eigenvalue weighted by Crippen LogP contribution is 2.29. The maximum absolute atomic E-state index is 6.06. The van der Waals surface area contributed by atoms with Gasteiger partial charge in [0.1, 0.15) is 5.82 Å². The predicted molar refractivity (Wildman–Crippen MR) is 78.2 cm³/mol. The molecule has 0 amide bonds. The molecule has 0 radical (unpaired) electrons. The maximum Gasteiger partial charge on any atom is 0.125 e. The minimum atomic E-state index is 0.426. The highest BCUT2D eigenvalue weighted by atomic mass is 35.5. The third-order valence-electron chi connectivity index (χ3n) is 3.98. The molecular weight excluding hydrogens is 244 g/mol. The Kier molecular flexibility index (Phi) is 3.96. The lowest BCUT2D eigenvalue weighted by Crippen LogP contribution is -2.16. The summed E-state index contributed by atoms with van der Waals surface area (Å²) in [4.78, 5) is 4.66. The van der Waals surface area contributed by atoms with Crippen LogP contribution in [0.4, 0.5) is 0 Å². The zero-order valence-corrected chi connectivity index (χ0v) is 12.3. The second-order valence-corrected chi connectivity index (χ2v) is 5.37. The molecule has 1 aromatic carbocycles. The Hall–Kier alpha value is -1.02. The number of para-hydroxylation sites is 1. The molecule has 2 rings (SSSR count). The van der Waals surface area contributed by atoms with Crippen molar-refractivity contribution in [3.05, 3.63) is 29.6 Å². The van der Waals surface area contributed by atoms with Gasteiger partial charge in [-0.3, -0.25) is 0 Å². The molecule has 0 aliphatic heterocycles. The second-order valence-electron chi connectivity index (χ2n) is 5.10. The molecule has 0 aliphatic rings. The summed E-state index contributed by atoms with van der Waals surface area (Å²) in [6, 6.07) is 6.69. The lowest BCUT2D eigenvalue weighted by Gasteiger charge is -2.23. The Morgan fingerprint density at radius 2 is 2.06 bits per heavy atom. The molecule has 2 atom stereocenters. The summed E-state index contributed by atoms with van der Waals surface area (Å²) in [5, 5.41) is 0. The van der Waals surface area contributed by atoms with Crippen LogP contribution in [0, 0.1) is 12.8 Å². The van der Waals surface area contributed by atoms with Crippen LogP contribution in [0.3, 0.4) is 0 Å². The van der Waals surface area contributed by atoms with E-state index in [2.05, 4.69) is 55.4 Å². The van der Waals surface area contributed by atoms with Crippen LogP contribution >= 0.6 is 11.6 Å². The molecule has 3 heteroatoms. The predicted octanol–water partition coefficient (Wildman–Crippen LogP) is 4.69. The second kappa shape index (κ2) is 5.31. The van der Waals surface area contributed by atoms with Crippen LogP contribution in [0.1, 0.15) is 44.6 Å². The van der Waals surface area contributed by atoms with Crippen molar-refractivity contribution in [1.82, 2.24) is 9.55 Å². The first kappa shape index (κ1) is 13.4. The van der Waals surface area contributed by atoms with Crippen molar-refractivity contribution in [2.24, 2.45) is 5.92 Å². The monoisotopic (exact) mass is 264 g/mol. The van der Waals surface area contributed by atoms with E-state index in [1.165, 1.54) is 11.1 Å². The molecule has 0 aliphatic carbocycles. The topological polar surface area (TPSA) is 17.8 Å². The van der Waals surface area contributed by atoms with E-state index in [1.807, 2.05) is 0 Å². The fraction of sp³-hybridized carbons (Fsp3) is 0.533. The Balaban J connectivity index is 2.66. The number of rotatable bonds is 4. The van der Waals surface area contributed by atoms with Gasteiger partial charge in [0, 0.05) is 6.04 Å². The fourth-order valence-electron chi connectivity index (χ4n) is 2.50. The van der Waals surface area contributed by atoms with E-state index >= 15 is 0 Å². The van der Waals surface area contributed by atoms with Crippen LogP contribution in [0.5, 0.6) is 0 Å². The molecule has 18 heavy (non-hydrogen) atoms. The molecule has 2 aromatic rings. The number of halogens is 1. The molecule has 0 saturated heterocycles. The normalized spacial score (nSPS) is 14.9. The number of nitrogens with zero attached hydrogens (tertiary/aromatic N) is 2. The van der Waals surface area contributed by atoms with Crippen LogP contribution in [0.2, 0.25) is 0 Å². The van der Waals surface area contributed by atoms with E-state index in [-0.39, 0.29) is 0 Å². The molecule has 0 saturated carbocycles. The first-order chi connectivity index (χ1) is 8.60. The van der Waals surface area contributed by atoms with Crippen LogP contribution in [-0.2, 0) is 5.88 Å². The smallest absolute Gasteiger partial charge is 0.125 e. The number of alkyl halides is 1. The summed E-state index contributed by atoms with van der Waals surface area (Å²) < 4.78 is 2.33. The number of aryl methyl sites for hydroxylation is 1. The number of hydrogen-bond acceptors (Lipinski definition) is 1. The Morgan fingerprint density at radius 3 is 2.67 bits per heavy atom. The van der Waals surface area contributed by atoms with E-state index < -0.39 is 0 Å². The van der Waals surface area contributed by atoms with Gasteiger partial charge in [-0.15, -0.1) is 11.6 Å². The minimum Gasteiger partial charge on any atom is -0.324 e. The number of benzene rings is 1. The number of hydrogen-bond donors (Lipinski definition) is 0. The highest BCUT2D eigenvalue weighted by Gasteiger charge is 2.20. The van der Waals surface area contributed by atoms with Gasteiger partial charge in [0.2, 0.25) is 0 Å². The molecule has 0 bridgehead atoms. The van der Waals surface area contributed by atoms with E-state index in [0.29, 0.717) is 17.8 Å². The molecule has 0 fully saturated rings. The maximum atomic E-state index is 6.06. The van der Waals surface area contributed by atoms with Gasteiger partial charge in [-0.1, -0.05) is 32.4 Å². The third kappa shape index (κ3) is 2.14. The SMILES string of the molecule is CCC(C)C(C)n1c(CCl)nc2cccc(C)c21. The zero-order chi connectivity index (χ0) is 13.3. The summed E-state index contributed by atoms with van der Waals surface area (Å²) in [6.07, 6.45) is 1.16. The summed E-state index contributed by atoms with van der Waals surface area (Å²) in [7, 11) is 0. The van der Waals surface area contributed by atoms with Gasteiger partial charge < -0.3 is 4.57 Å². The van der Waals surface area contributed by atoms with E-state index in [1.54, 1.807) is 0 Å². The average molecular weight is 265 g/mol. The van der Waals surface area contributed by atoms with Gasteiger partial charge in [-0.25, -0.2) is 4.98 Å². The van der Waals surface area contributed by atoms with Crippen LogP contribution in [0.25, 0.3) is 11.0 Å². The summed E-state index contributed by atoms with van der Waals surface area (Å²) >= 11 is 6.06. The van der Waals surface area contributed by atoms with Crippen molar-refractivity contribution in [3.63, 3.8) is 0 Å². The Labute approximate surface area is 114 Å². The Morgan fingerprint density at radius 1 is 1.33 bits per heavy atom. The largest absolute Gasteiger partial charge is 0.324 e. The van der Waals surface area contributed by atoms with Gasteiger partial charge >= 0.3 is 0 Å². The quantitative estimate of drug-likeness (QED) is 0.733. The first-order valence-corrected chi connectivity index (χ1v) is 7.16. The number of fused-ring (bicyclic) bond motifs is 1. The lowest BCUT2D eigenvalue weighted by molar-refractivity contribution is 0.371. The molecule has 2 nitrogen and oxygen atoms in total. The Bertz CT molecular complexity index is 545. The minimum absolute atomic E-state index is 0.426. The molecule has 0 N–H and O–H groups in total. The van der Waals surface area contributed by atoms with Crippen molar-refractivity contribution in [3.8, 4) is 0 Å². The standard InChI is InChI=1S/C15H21ClN2/c1-5-10(2)12(4)18-14(9-16)17-13-8-6-7-11(3)15(13)18/h6-8,10,12H,5,9H2,1-4H3. The van der Waals surface area contributed by atoms with Gasteiger partial charge in [-0.2, -0.15) is 0 Å². The zero-order valence-electron chi connectivity index (χ0n) is 11.6. The van der Waals surface area contributed by atoms with Crippen LogP contribution in [-0.4, -0.2) is 9.55 Å². The number of imidazole rings is 1. The van der Waals surface area contributed by atoms with Crippen molar-refractivity contribution in [2.75, 3.05) is 0 Å².